The van der Waals surface area contributed by atoms with Crippen LogP contribution < -0.4 is 5.32 Å². The third kappa shape index (κ3) is 4.37. The molecule has 3 aromatic carbocycles. The fraction of sp³-hybridized carbons (Fsp3) is 0.0769. The molecular weight excluding hydrogens is 406 g/mol. The number of carbonyl (C=O) groups excluding carboxylic acids is 1. The fourth-order valence-electron chi connectivity index (χ4n) is 3.54. The van der Waals surface area contributed by atoms with Crippen LogP contribution in [-0.2, 0) is 11.3 Å². The molecule has 4 rings (SSSR count). The number of benzene rings is 3. The zero-order valence-corrected chi connectivity index (χ0v) is 17.7. The summed E-state index contributed by atoms with van der Waals surface area (Å²) in [6, 6.07) is 25.1. The molecule has 0 saturated heterocycles. The van der Waals surface area contributed by atoms with Gasteiger partial charge in [0.1, 0.15) is 11.6 Å². The average Bonchev–Trinajstić information content (AvgIpc) is 3.12. The van der Waals surface area contributed by atoms with E-state index in [4.69, 9.17) is 11.6 Å². The van der Waals surface area contributed by atoms with Crippen molar-refractivity contribution in [3.63, 3.8) is 0 Å². The number of hydrogen-bond acceptors (Lipinski definition) is 2. The number of anilines is 1. The quantitative estimate of drug-likeness (QED) is 0.306. The van der Waals surface area contributed by atoms with Crippen molar-refractivity contribution < 1.29 is 4.79 Å². The second kappa shape index (κ2) is 8.91. The van der Waals surface area contributed by atoms with Crippen molar-refractivity contribution in [3.05, 3.63) is 106 Å². The van der Waals surface area contributed by atoms with Gasteiger partial charge in [-0.1, -0.05) is 66.2 Å². The molecular formula is C26H20ClN3O. The number of nitrogens with one attached hydrogen (secondary N) is 1. The Morgan fingerprint density at radius 2 is 1.77 bits per heavy atom. The van der Waals surface area contributed by atoms with Crippen molar-refractivity contribution >= 4 is 40.2 Å². The van der Waals surface area contributed by atoms with E-state index in [-0.39, 0.29) is 5.57 Å². The van der Waals surface area contributed by atoms with Crippen molar-refractivity contribution in [2.45, 2.75) is 13.5 Å². The predicted octanol–water partition coefficient (Wildman–Crippen LogP) is 6.20. The van der Waals surface area contributed by atoms with E-state index in [0.29, 0.717) is 17.3 Å². The number of para-hydroxylation sites is 2. The highest BCUT2D eigenvalue weighted by atomic mass is 35.5. The van der Waals surface area contributed by atoms with Crippen LogP contribution in [0.3, 0.4) is 0 Å². The lowest BCUT2D eigenvalue weighted by molar-refractivity contribution is -0.112. The number of fused-ring (bicyclic) bond motifs is 1. The number of halogens is 1. The Bertz CT molecular complexity index is 1340. The lowest BCUT2D eigenvalue weighted by atomic mass is 10.1. The Hall–Kier alpha value is -3.81. The van der Waals surface area contributed by atoms with E-state index in [1.165, 1.54) is 0 Å². The van der Waals surface area contributed by atoms with E-state index in [9.17, 15) is 10.1 Å². The second-order valence-corrected chi connectivity index (χ2v) is 7.67. The summed E-state index contributed by atoms with van der Waals surface area (Å²) < 4.78 is 2.08. The van der Waals surface area contributed by atoms with Crippen molar-refractivity contribution in [3.8, 4) is 6.07 Å². The first-order chi connectivity index (χ1) is 15.1. The molecule has 0 fully saturated rings. The van der Waals surface area contributed by atoms with E-state index >= 15 is 0 Å². The predicted molar refractivity (Wildman–Crippen MR) is 126 cm³/mol. The minimum atomic E-state index is -0.431. The van der Waals surface area contributed by atoms with Gasteiger partial charge in [-0.15, -0.1) is 0 Å². The SMILES string of the molecule is Cc1ccccc1NC(=O)/C(C#N)=C/c1cn(Cc2ccccc2Cl)c2ccccc12. The minimum Gasteiger partial charge on any atom is -0.342 e. The van der Waals surface area contributed by atoms with Crippen molar-refractivity contribution in [2.75, 3.05) is 5.32 Å². The van der Waals surface area contributed by atoms with E-state index < -0.39 is 5.91 Å². The van der Waals surface area contributed by atoms with Gasteiger partial charge in [0.25, 0.3) is 5.91 Å². The number of hydrogen-bond donors (Lipinski definition) is 1. The fourth-order valence-corrected chi connectivity index (χ4v) is 3.73. The topological polar surface area (TPSA) is 57.8 Å². The molecule has 1 amide bonds. The maximum atomic E-state index is 12.8. The molecule has 1 N–H and O–H groups in total. The summed E-state index contributed by atoms with van der Waals surface area (Å²) in [6.07, 6.45) is 3.59. The van der Waals surface area contributed by atoms with E-state index in [1.54, 1.807) is 6.08 Å². The van der Waals surface area contributed by atoms with Gasteiger partial charge in [-0.25, -0.2) is 0 Å². The van der Waals surface area contributed by atoms with Crippen LogP contribution in [0.25, 0.3) is 17.0 Å². The zero-order valence-electron chi connectivity index (χ0n) is 17.0. The van der Waals surface area contributed by atoms with Crippen molar-refractivity contribution in [1.82, 2.24) is 4.57 Å². The number of nitrogens with zero attached hydrogens (tertiary/aromatic N) is 2. The maximum absolute atomic E-state index is 12.8. The Morgan fingerprint density at radius 3 is 2.55 bits per heavy atom. The van der Waals surface area contributed by atoms with Gasteiger partial charge >= 0.3 is 0 Å². The van der Waals surface area contributed by atoms with Crippen LogP contribution in [-0.4, -0.2) is 10.5 Å². The summed E-state index contributed by atoms with van der Waals surface area (Å²) in [7, 11) is 0. The summed E-state index contributed by atoms with van der Waals surface area (Å²) >= 11 is 6.35. The summed E-state index contributed by atoms with van der Waals surface area (Å²) in [5.41, 5.74) is 4.48. The second-order valence-electron chi connectivity index (χ2n) is 7.26. The molecule has 1 aromatic heterocycles. The van der Waals surface area contributed by atoms with Crippen LogP contribution in [0, 0.1) is 18.3 Å². The molecule has 0 bridgehead atoms. The number of aryl methyl sites for hydroxylation is 1. The smallest absolute Gasteiger partial charge is 0.266 e. The van der Waals surface area contributed by atoms with Crippen LogP contribution in [0.1, 0.15) is 16.7 Å². The van der Waals surface area contributed by atoms with Gasteiger partial charge in [0.15, 0.2) is 0 Å². The Morgan fingerprint density at radius 1 is 1.06 bits per heavy atom. The Balaban J connectivity index is 1.71. The number of nitriles is 1. The zero-order chi connectivity index (χ0) is 21.8. The third-order valence-corrected chi connectivity index (χ3v) is 5.54. The lowest BCUT2D eigenvalue weighted by Crippen LogP contribution is -2.14. The van der Waals surface area contributed by atoms with Gasteiger partial charge in [0.05, 0.1) is 0 Å². The van der Waals surface area contributed by atoms with Crippen LogP contribution in [0.4, 0.5) is 5.69 Å². The first-order valence-electron chi connectivity index (χ1n) is 9.87. The largest absolute Gasteiger partial charge is 0.342 e. The first kappa shape index (κ1) is 20.5. The molecule has 0 saturated carbocycles. The molecule has 152 valence electrons. The first-order valence-corrected chi connectivity index (χ1v) is 10.2. The molecule has 0 atom stereocenters. The molecule has 31 heavy (non-hydrogen) atoms. The van der Waals surface area contributed by atoms with E-state index in [1.807, 2.05) is 92.0 Å². The normalized spacial score (nSPS) is 11.3. The molecule has 1 heterocycles. The highest BCUT2D eigenvalue weighted by molar-refractivity contribution is 6.31. The minimum absolute atomic E-state index is 0.0453. The van der Waals surface area contributed by atoms with Gasteiger partial charge in [0.2, 0.25) is 0 Å². The Kier molecular flexibility index (Phi) is 5.88. The van der Waals surface area contributed by atoms with Gasteiger partial charge in [0, 0.05) is 39.9 Å². The van der Waals surface area contributed by atoms with Gasteiger partial charge in [-0.2, -0.15) is 5.26 Å². The summed E-state index contributed by atoms with van der Waals surface area (Å²) in [4.78, 5) is 12.8. The standard InChI is InChI=1S/C26H20ClN3O/c1-18-8-2-6-12-24(18)29-26(31)20(15-28)14-21-17-30(25-13-7-4-10-22(21)25)16-19-9-3-5-11-23(19)27/h2-14,17H,16H2,1H3,(H,29,31)/b20-14+. The molecule has 0 radical (unpaired) electrons. The lowest BCUT2D eigenvalue weighted by Gasteiger charge is -2.07. The summed E-state index contributed by atoms with van der Waals surface area (Å²) in [5.74, 6) is -0.431. The number of carbonyl (C=O) groups is 1. The molecule has 0 aliphatic carbocycles. The molecule has 5 heteroatoms. The molecule has 4 aromatic rings. The number of rotatable bonds is 5. The summed E-state index contributed by atoms with van der Waals surface area (Å²) in [5, 5.41) is 14.1. The summed E-state index contributed by atoms with van der Waals surface area (Å²) in [6.45, 7) is 2.50. The number of aromatic nitrogens is 1. The van der Waals surface area contributed by atoms with Crippen LogP contribution in [0.15, 0.2) is 84.6 Å². The Labute approximate surface area is 186 Å². The van der Waals surface area contributed by atoms with Crippen LogP contribution >= 0.6 is 11.6 Å². The average molecular weight is 426 g/mol. The monoisotopic (exact) mass is 425 g/mol. The van der Waals surface area contributed by atoms with Crippen molar-refractivity contribution in [2.24, 2.45) is 0 Å². The molecule has 0 aliphatic rings. The molecule has 0 aliphatic heterocycles. The molecule has 0 unspecified atom stereocenters. The third-order valence-electron chi connectivity index (χ3n) is 5.18. The molecule has 4 nitrogen and oxygen atoms in total. The number of amides is 1. The van der Waals surface area contributed by atoms with E-state index in [0.717, 1.165) is 27.6 Å². The van der Waals surface area contributed by atoms with Gasteiger partial charge in [-0.05, 0) is 42.3 Å². The molecule has 0 spiro atoms. The van der Waals surface area contributed by atoms with E-state index in [2.05, 4.69) is 9.88 Å². The van der Waals surface area contributed by atoms with Crippen LogP contribution in [0.2, 0.25) is 5.02 Å². The van der Waals surface area contributed by atoms with Gasteiger partial charge in [-0.3, -0.25) is 4.79 Å². The highest BCUT2D eigenvalue weighted by Crippen LogP contribution is 2.26. The maximum Gasteiger partial charge on any atom is 0.266 e. The van der Waals surface area contributed by atoms with Crippen LogP contribution in [0.5, 0.6) is 0 Å². The van der Waals surface area contributed by atoms with Gasteiger partial charge < -0.3 is 9.88 Å². The highest BCUT2D eigenvalue weighted by Gasteiger charge is 2.14. The van der Waals surface area contributed by atoms with Crippen molar-refractivity contribution in [1.29, 1.82) is 5.26 Å².